The lowest BCUT2D eigenvalue weighted by atomic mass is 10.2. The summed E-state index contributed by atoms with van der Waals surface area (Å²) in [5.41, 5.74) is 2.13. The van der Waals surface area contributed by atoms with Gasteiger partial charge < -0.3 is 0 Å². The van der Waals surface area contributed by atoms with Gasteiger partial charge in [0.15, 0.2) is 0 Å². The van der Waals surface area contributed by atoms with E-state index in [0.717, 1.165) is 11.1 Å². The molecule has 60 valence electrons. The van der Waals surface area contributed by atoms with Crippen LogP contribution in [0.25, 0.3) is 0 Å². The second-order valence-electron chi connectivity index (χ2n) is 2.03. The van der Waals surface area contributed by atoms with Crippen molar-refractivity contribution in [1.82, 2.24) is 0 Å². The summed E-state index contributed by atoms with van der Waals surface area (Å²) in [4.78, 5) is 0. The number of allylic oxidation sites excluding steroid dienone is 4. The van der Waals surface area contributed by atoms with Crippen molar-refractivity contribution in [3.05, 3.63) is 36.5 Å². The minimum atomic E-state index is 0. The van der Waals surface area contributed by atoms with E-state index >= 15 is 0 Å². The average Bonchev–Trinajstić information content (AvgIpc) is 1.61. The monoisotopic (exact) mass is 140 g/mol. The Morgan fingerprint density at radius 3 is 1.20 bits per heavy atom. The van der Waals surface area contributed by atoms with E-state index < -0.39 is 0 Å². The van der Waals surface area contributed by atoms with Gasteiger partial charge in [-0.3, -0.25) is 0 Å². The largest absolute Gasteiger partial charge is 0.0961 e. The van der Waals surface area contributed by atoms with Gasteiger partial charge in [-0.25, -0.2) is 0 Å². The zero-order valence-corrected chi connectivity index (χ0v) is 5.57. The van der Waals surface area contributed by atoms with E-state index in [2.05, 4.69) is 13.2 Å². The van der Waals surface area contributed by atoms with Crippen LogP contribution in [0.5, 0.6) is 0 Å². The van der Waals surface area contributed by atoms with Crippen molar-refractivity contribution in [3.8, 4) is 0 Å². The van der Waals surface area contributed by atoms with Gasteiger partial charge in [0.05, 0.1) is 0 Å². The van der Waals surface area contributed by atoms with E-state index in [0.29, 0.717) is 0 Å². The van der Waals surface area contributed by atoms with Crippen molar-refractivity contribution in [1.29, 1.82) is 0 Å². The van der Waals surface area contributed by atoms with Crippen LogP contribution in [0.1, 0.15) is 28.7 Å². The average molecular weight is 140 g/mol. The summed E-state index contributed by atoms with van der Waals surface area (Å²) in [6.07, 6.45) is 3.89. The lowest BCUT2D eigenvalue weighted by molar-refractivity contribution is 1.50. The molecule has 0 fully saturated rings. The first kappa shape index (κ1) is 16.1. The van der Waals surface area contributed by atoms with Crippen molar-refractivity contribution in [2.45, 2.75) is 28.7 Å². The molecule has 0 atom stereocenters. The van der Waals surface area contributed by atoms with Crippen molar-refractivity contribution in [2.75, 3.05) is 0 Å². The molecule has 0 aliphatic rings. The normalized spacial score (nSPS) is 7.80. The molecule has 0 unspecified atom stereocenters. The summed E-state index contributed by atoms with van der Waals surface area (Å²) in [6.45, 7) is 11.3. The highest BCUT2D eigenvalue weighted by molar-refractivity contribution is 5.20. The molecule has 0 saturated heterocycles. The molecule has 0 aromatic rings. The topological polar surface area (TPSA) is 0 Å². The van der Waals surface area contributed by atoms with Crippen LogP contribution in [0.15, 0.2) is 36.5 Å². The molecule has 0 bridgehead atoms. The Bertz CT molecular complexity index is 111. The fourth-order valence-corrected chi connectivity index (χ4v) is 0.285. The Kier molecular flexibility index (Phi) is 13.2. The first-order valence-corrected chi connectivity index (χ1v) is 2.62. The highest BCUT2D eigenvalue weighted by Crippen LogP contribution is 1.94. The Morgan fingerprint density at radius 2 is 1.10 bits per heavy atom. The molecule has 0 spiro atoms. The Morgan fingerprint density at radius 1 is 0.900 bits per heavy atom. The standard InChI is InChI=1S/C8H12.2CH4/c1-7(2)5-6-8(3)4;;/h5-6H,1,3H2,2,4H3;2*1H4/b6-5-;;. The van der Waals surface area contributed by atoms with Gasteiger partial charge in [0.25, 0.3) is 0 Å². The predicted molar refractivity (Wildman–Crippen MR) is 52.2 cm³/mol. The zero-order valence-electron chi connectivity index (χ0n) is 5.57. The highest BCUT2D eigenvalue weighted by atomic mass is 13.8. The van der Waals surface area contributed by atoms with E-state index in [-0.39, 0.29) is 14.9 Å². The van der Waals surface area contributed by atoms with Gasteiger partial charge in [0, 0.05) is 0 Å². The highest BCUT2D eigenvalue weighted by Gasteiger charge is 1.72. The summed E-state index contributed by atoms with van der Waals surface area (Å²) >= 11 is 0. The smallest absolute Gasteiger partial charge is 0.0404 e. The third-order valence-corrected chi connectivity index (χ3v) is 0.652. The second-order valence-corrected chi connectivity index (χ2v) is 2.03. The molecule has 0 aromatic carbocycles. The van der Waals surface area contributed by atoms with E-state index in [1.54, 1.807) is 0 Å². The fourth-order valence-electron chi connectivity index (χ4n) is 0.285. The van der Waals surface area contributed by atoms with Gasteiger partial charge in [-0.15, -0.1) is 0 Å². The van der Waals surface area contributed by atoms with Crippen LogP contribution in [0.2, 0.25) is 0 Å². The van der Waals surface area contributed by atoms with E-state index in [1.165, 1.54) is 0 Å². The first-order valence-electron chi connectivity index (χ1n) is 2.62. The maximum atomic E-state index is 3.70. The zero-order chi connectivity index (χ0) is 6.57. The molecule has 0 N–H and O–H groups in total. The molecule has 0 rings (SSSR count). The van der Waals surface area contributed by atoms with E-state index in [1.807, 2.05) is 26.0 Å². The molecule has 0 aliphatic heterocycles. The van der Waals surface area contributed by atoms with Gasteiger partial charge >= 0.3 is 0 Å². The third kappa shape index (κ3) is 15.7. The molecule has 0 aromatic heterocycles. The van der Waals surface area contributed by atoms with Gasteiger partial charge in [-0.05, 0) is 13.8 Å². The van der Waals surface area contributed by atoms with E-state index in [9.17, 15) is 0 Å². The number of hydrogen-bond donors (Lipinski definition) is 0. The van der Waals surface area contributed by atoms with Crippen molar-refractivity contribution in [2.24, 2.45) is 0 Å². The van der Waals surface area contributed by atoms with Crippen LogP contribution in [-0.4, -0.2) is 0 Å². The molecule has 0 heterocycles. The van der Waals surface area contributed by atoms with E-state index in [4.69, 9.17) is 0 Å². The summed E-state index contributed by atoms with van der Waals surface area (Å²) in [6, 6.07) is 0. The Labute approximate surface area is 66.0 Å². The fraction of sp³-hybridized carbons (Fsp3) is 0.400. The van der Waals surface area contributed by atoms with Gasteiger partial charge in [0.2, 0.25) is 0 Å². The molecule has 0 heteroatoms. The van der Waals surface area contributed by atoms with Crippen molar-refractivity contribution in [3.63, 3.8) is 0 Å². The summed E-state index contributed by atoms with van der Waals surface area (Å²) in [5, 5.41) is 0. The first-order chi connectivity index (χ1) is 3.63. The van der Waals surface area contributed by atoms with Crippen LogP contribution in [-0.2, 0) is 0 Å². The van der Waals surface area contributed by atoms with Crippen molar-refractivity contribution >= 4 is 0 Å². The van der Waals surface area contributed by atoms with Crippen molar-refractivity contribution < 1.29 is 0 Å². The lowest BCUT2D eigenvalue weighted by Crippen LogP contribution is -1.62. The molecule has 0 aliphatic carbocycles. The van der Waals surface area contributed by atoms with Crippen LogP contribution < -0.4 is 0 Å². The molecule has 0 radical (unpaired) electrons. The van der Waals surface area contributed by atoms with Crippen LogP contribution in [0, 0.1) is 0 Å². The molecule has 0 amide bonds. The summed E-state index contributed by atoms with van der Waals surface area (Å²) < 4.78 is 0. The summed E-state index contributed by atoms with van der Waals surface area (Å²) in [7, 11) is 0. The second kappa shape index (κ2) is 8.22. The maximum absolute atomic E-state index is 3.70. The molecule has 10 heavy (non-hydrogen) atoms. The maximum Gasteiger partial charge on any atom is -0.0404 e. The van der Waals surface area contributed by atoms with Crippen LogP contribution in [0.3, 0.4) is 0 Å². The molecular weight excluding hydrogens is 120 g/mol. The van der Waals surface area contributed by atoms with Gasteiger partial charge in [-0.1, -0.05) is 51.3 Å². The Hall–Kier alpha value is -0.780. The Balaban J connectivity index is -0.000000245. The molecular formula is C10H20. The number of rotatable bonds is 2. The third-order valence-electron chi connectivity index (χ3n) is 0.652. The predicted octanol–water partition coefficient (Wildman–Crippen LogP) is 3.97. The van der Waals surface area contributed by atoms with Crippen LogP contribution in [0.4, 0.5) is 0 Å². The minimum absolute atomic E-state index is 0. The minimum Gasteiger partial charge on any atom is -0.0961 e. The molecule has 0 nitrogen and oxygen atoms in total. The summed E-state index contributed by atoms with van der Waals surface area (Å²) in [5.74, 6) is 0. The van der Waals surface area contributed by atoms with Gasteiger partial charge in [-0.2, -0.15) is 0 Å². The number of hydrogen-bond acceptors (Lipinski definition) is 0. The lowest BCUT2D eigenvalue weighted by Gasteiger charge is -1.84. The van der Waals surface area contributed by atoms with Crippen LogP contribution >= 0.6 is 0 Å². The quantitative estimate of drug-likeness (QED) is 0.509. The van der Waals surface area contributed by atoms with Gasteiger partial charge in [0.1, 0.15) is 0 Å². The SMILES string of the molecule is C.C.C=C(C)/C=C\C(=C)C. The molecule has 0 saturated carbocycles.